The zero-order valence-corrected chi connectivity index (χ0v) is 15.3. The van der Waals surface area contributed by atoms with Crippen LogP contribution in [0, 0.1) is 12.3 Å². The van der Waals surface area contributed by atoms with Crippen LogP contribution < -0.4 is 16.4 Å². The Morgan fingerprint density at radius 3 is 2.26 bits per heavy atom. The predicted molar refractivity (Wildman–Crippen MR) is 99.9 cm³/mol. The smallest absolute Gasteiger partial charge is 0.241 e. The van der Waals surface area contributed by atoms with Gasteiger partial charge < -0.3 is 16.4 Å². The highest BCUT2D eigenvalue weighted by atomic mass is 35.5. The van der Waals surface area contributed by atoms with Crippen molar-refractivity contribution in [1.82, 2.24) is 4.98 Å². The number of amides is 1. The molecule has 0 aliphatic carbocycles. The molecule has 0 fully saturated rings. The van der Waals surface area contributed by atoms with E-state index in [9.17, 15) is 4.79 Å². The Labute approximate surface area is 147 Å². The Bertz CT molecular complexity index is 649. The molecule has 0 radical (unpaired) electrons. The minimum absolute atomic E-state index is 0. The van der Waals surface area contributed by atoms with E-state index in [-0.39, 0.29) is 23.7 Å². The molecule has 1 aromatic heterocycles. The second kappa shape index (κ2) is 7.77. The molecule has 0 spiro atoms. The predicted octanol–water partition coefficient (Wildman–Crippen LogP) is 3.93. The number of carbonyl (C=O) groups excluding carboxylic acids is 1. The summed E-state index contributed by atoms with van der Waals surface area (Å²) in [7, 11) is 0. The van der Waals surface area contributed by atoms with Crippen LogP contribution in [0.3, 0.4) is 0 Å². The van der Waals surface area contributed by atoms with Crippen LogP contribution in [0.2, 0.25) is 0 Å². The molecule has 23 heavy (non-hydrogen) atoms. The van der Waals surface area contributed by atoms with E-state index < -0.39 is 6.04 Å². The summed E-state index contributed by atoms with van der Waals surface area (Å²) < 4.78 is 0. The lowest BCUT2D eigenvalue weighted by Crippen LogP contribution is -2.45. The molecule has 126 valence electrons. The third-order valence-corrected chi connectivity index (χ3v) is 4.11. The zero-order chi connectivity index (χ0) is 16.3. The summed E-state index contributed by atoms with van der Waals surface area (Å²) in [5, 5.41) is 8.90. The number of anilines is 3. The summed E-state index contributed by atoms with van der Waals surface area (Å²) >= 11 is 1.56. The van der Waals surface area contributed by atoms with Gasteiger partial charge in [0.1, 0.15) is 0 Å². The molecule has 5 nitrogen and oxygen atoms in total. The van der Waals surface area contributed by atoms with E-state index in [0.717, 1.165) is 22.2 Å². The third-order valence-electron chi connectivity index (χ3n) is 3.24. The quantitative estimate of drug-likeness (QED) is 0.777. The summed E-state index contributed by atoms with van der Waals surface area (Å²) in [6.07, 6.45) is 0. The fourth-order valence-electron chi connectivity index (χ4n) is 1.79. The van der Waals surface area contributed by atoms with Gasteiger partial charge in [0.15, 0.2) is 5.13 Å². The van der Waals surface area contributed by atoms with Gasteiger partial charge in [0, 0.05) is 16.8 Å². The van der Waals surface area contributed by atoms with Gasteiger partial charge in [-0.1, -0.05) is 20.8 Å². The van der Waals surface area contributed by atoms with Crippen LogP contribution in [0.5, 0.6) is 0 Å². The van der Waals surface area contributed by atoms with Crippen molar-refractivity contribution in [2.24, 2.45) is 11.1 Å². The van der Waals surface area contributed by atoms with Gasteiger partial charge in [-0.3, -0.25) is 4.79 Å². The van der Waals surface area contributed by atoms with E-state index >= 15 is 0 Å². The third kappa shape index (κ3) is 5.49. The van der Waals surface area contributed by atoms with Crippen LogP contribution in [0.1, 0.15) is 26.5 Å². The first-order valence-corrected chi connectivity index (χ1v) is 7.99. The maximum Gasteiger partial charge on any atom is 0.241 e. The maximum absolute atomic E-state index is 12.1. The zero-order valence-electron chi connectivity index (χ0n) is 13.7. The molecule has 4 N–H and O–H groups in total. The van der Waals surface area contributed by atoms with Crippen molar-refractivity contribution >= 4 is 46.2 Å². The van der Waals surface area contributed by atoms with Gasteiger partial charge in [-0.05, 0) is 36.6 Å². The lowest BCUT2D eigenvalue weighted by molar-refractivity contribution is -0.119. The van der Waals surface area contributed by atoms with Crippen LogP contribution in [0.25, 0.3) is 0 Å². The van der Waals surface area contributed by atoms with Crippen LogP contribution in [-0.2, 0) is 4.79 Å². The average Bonchev–Trinajstić information content (AvgIpc) is 2.84. The molecule has 2 aromatic rings. The van der Waals surface area contributed by atoms with Gasteiger partial charge in [-0.2, -0.15) is 0 Å². The van der Waals surface area contributed by atoms with Crippen molar-refractivity contribution in [3.8, 4) is 0 Å². The Hall–Kier alpha value is -1.63. The average molecular weight is 355 g/mol. The Morgan fingerprint density at radius 1 is 1.22 bits per heavy atom. The lowest BCUT2D eigenvalue weighted by Gasteiger charge is -2.25. The number of hydrogen-bond donors (Lipinski definition) is 3. The van der Waals surface area contributed by atoms with Crippen LogP contribution in [-0.4, -0.2) is 16.9 Å². The second-order valence-electron chi connectivity index (χ2n) is 6.33. The first kappa shape index (κ1) is 19.4. The summed E-state index contributed by atoms with van der Waals surface area (Å²) in [5.41, 5.74) is 8.32. The largest absolute Gasteiger partial charge is 0.332 e. The molecule has 0 aliphatic rings. The number of aromatic nitrogens is 1. The van der Waals surface area contributed by atoms with Gasteiger partial charge in [-0.15, -0.1) is 23.7 Å². The lowest BCUT2D eigenvalue weighted by atomic mass is 9.87. The van der Waals surface area contributed by atoms with Crippen molar-refractivity contribution in [2.45, 2.75) is 33.7 Å². The highest BCUT2D eigenvalue weighted by Crippen LogP contribution is 2.23. The Kier molecular flexibility index (Phi) is 6.56. The monoisotopic (exact) mass is 354 g/mol. The highest BCUT2D eigenvalue weighted by molar-refractivity contribution is 7.13. The Balaban J connectivity index is 0.00000264. The molecule has 0 aliphatic heterocycles. The molecule has 0 saturated heterocycles. The van der Waals surface area contributed by atoms with Crippen LogP contribution >= 0.6 is 23.7 Å². The van der Waals surface area contributed by atoms with E-state index in [4.69, 9.17) is 5.73 Å². The van der Waals surface area contributed by atoms with Crippen molar-refractivity contribution in [3.05, 3.63) is 35.3 Å². The summed E-state index contributed by atoms with van der Waals surface area (Å²) in [5.74, 6) is -0.177. The summed E-state index contributed by atoms with van der Waals surface area (Å²) in [6.45, 7) is 7.79. The molecule has 1 amide bonds. The van der Waals surface area contributed by atoms with Gasteiger partial charge >= 0.3 is 0 Å². The minimum atomic E-state index is -0.552. The molecule has 0 bridgehead atoms. The fourth-order valence-corrected chi connectivity index (χ4v) is 2.49. The van der Waals surface area contributed by atoms with Crippen molar-refractivity contribution in [1.29, 1.82) is 0 Å². The van der Waals surface area contributed by atoms with Crippen molar-refractivity contribution < 1.29 is 4.79 Å². The molecular weight excluding hydrogens is 332 g/mol. The van der Waals surface area contributed by atoms with Crippen LogP contribution in [0.4, 0.5) is 16.5 Å². The molecule has 1 aromatic carbocycles. The molecule has 0 saturated carbocycles. The van der Waals surface area contributed by atoms with E-state index in [0.29, 0.717) is 0 Å². The van der Waals surface area contributed by atoms with Gasteiger partial charge in [0.05, 0.1) is 11.7 Å². The standard InChI is InChI=1S/C16H22N4OS.ClH/c1-10-9-22-15(18-10)20-12-7-5-11(6-8-12)19-14(21)13(17)16(2,3)4;/h5-9,13H,17H2,1-4H3,(H,18,20)(H,19,21);1H/t13-;/m1./s1. The number of thiazole rings is 1. The number of benzene rings is 1. The number of nitrogens with one attached hydrogen (secondary N) is 2. The topological polar surface area (TPSA) is 80.0 Å². The molecule has 0 unspecified atom stereocenters. The Morgan fingerprint density at radius 2 is 1.78 bits per heavy atom. The molecular formula is C16H23ClN4OS. The first-order chi connectivity index (χ1) is 10.3. The molecule has 7 heteroatoms. The second-order valence-corrected chi connectivity index (χ2v) is 7.19. The van der Waals surface area contributed by atoms with Crippen LogP contribution in [0.15, 0.2) is 29.6 Å². The highest BCUT2D eigenvalue weighted by Gasteiger charge is 2.27. The van der Waals surface area contributed by atoms with Crippen molar-refractivity contribution in [2.75, 3.05) is 10.6 Å². The van der Waals surface area contributed by atoms with E-state index in [1.165, 1.54) is 0 Å². The molecule has 1 heterocycles. The van der Waals surface area contributed by atoms with E-state index in [1.807, 2.05) is 57.3 Å². The van der Waals surface area contributed by atoms with Crippen molar-refractivity contribution in [3.63, 3.8) is 0 Å². The molecule has 2 rings (SSSR count). The van der Waals surface area contributed by atoms with Gasteiger partial charge in [0.25, 0.3) is 0 Å². The normalized spacial score (nSPS) is 12.2. The number of hydrogen-bond acceptors (Lipinski definition) is 5. The van der Waals surface area contributed by atoms with E-state index in [2.05, 4.69) is 15.6 Å². The number of aryl methyl sites for hydroxylation is 1. The first-order valence-electron chi connectivity index (χ1n) is 7.11. The number of rotatable bonds is 4. The summed E-state index contributed by atoms with van der Waals surface area (Å²) in [4.78, 5) is 16.4. The maximum atomic E-state index is 12.1. The number of nitrogens with two attached hydrogens (primary N) is 1. The number of halogens is 1. The van der Waals surface area contributed by atoms with Gasteiger partial charge in [-0.25, -0.2) is 4.98 Å². The summed E-state index contributed by atoms with van der Waals surface area (Å²) in [6, 6.07) is 6.93. The number of nitrogens with zero attached hydrogens (tertiary/aromatic N) is 1. The molecule has 1 atom stereocenters. The van der Waals surface area contributed by atoms with E-state index in [1.54, 1.807) is 11.3 Å². The SMILES string of the molecule is Cc1csc(Nc2ccc(NC(=O)[C@@H](N)C(C)(C)C)cc2)n1.Cl. The fraction of sp³-hybridized carbons (Fsp3) is 0.375. The van der Waals surface area contributed by atoms with Gasteiger partial charge in [0.2, 0.25) is 5.91 Å². The number of carbonyl (C=O) groups is 1. The minimum Gasteiger partial charge on any atom is -0.332 e.